The monoisotopic (exact) mass is 545 g/mol. The number of ether oxygens (including phenoxy) is 2. The Balaban J connectivity index is 1.13. The van der Waals surface area contributed by atoms with Crippen LogP contribution in [0.2, 0.25) is 0 Å². The third kappa shape index (κ3) is 5.37. The second-order valence-electron chi connectivity index (χ2n) is 12.2. The molecular weight excluding hydrogens is 506 g/mol. The number of amides is 1. The maximum atomic E-state index is 12.5. The van der Waals surface area contributed by atoms with Gasteiger partial charge in [0.2, 0.25) is 0 Å². The number of anilines is 2. The number of aromatic nitrogens is 4. The molecule has 0 spiro atoms. The van der Waals surface area contributed by atoms with Crippen molar-refractivity contribution < 1.29 is 14.3 Å². The van der Waals surface area contributed by atoms with Crippen molar-refractivity contribution in [2.75, 3.05) is 31.5 Å². The van der Waals surface area contributed by atoms with E-state index in [2.05, 4.69) is 26.4 Å². The van der Waals surface area contributed by atoms with E-state index in [-0.39, 0.29) is 6.09 Å². The average molecular weight is 546 g/mol. The van der Waals surface area contributed by atoms with Gasteiger partial charge in [0.25, 0.3) is 0 Å². The highest BCUT2D eigenvalue weighted by molar-refractivity contribution is 5.76. The molecule has 10 nitrogen and oxygen atoms in total. The maximum Gasteiger partial charge on any atom is 0.410 e. The van der Waals surface area contributed by atoms with Crippen LogP contribution in [0.15, 0.2) is 30.7 Å². The molecule has 6 rings (SSSR count). The minimum atomic E-state index is -0.466. The number of likely N-dealkylation sites (tertiary alicyclic amines) is 2. The maximum absolute atomic E-state index is 12.5. The van der Waals surface area contributed by atoms with Gasteiger partial charge in [-0.05, 0) is 77.7 Å². The molecule has 3 aromatic rings. The zero-order valence-corrected chi connectivity index (χ0v) is 24.1. The van der Waals surface area contributed by atoms with Gasteiger partial charge in [-0.2, -0.15) is 5.10 Å². The number of nitrogens with zero attached hydrogens (tertiary/aromatic N) is 6. The highest BCUT2D eigenvalue weighted by Crippen LogP contribution is 2.40. The number of nitrogens with one attached hydrogen (secondary N) is 1. The van der Waals surface area contributed by atoms with E-state index in [1.165, 1.54) is 0 Å². The predicted molar refractivity (Wildman–Crippen MR) is 153 cm³/mol. The smallest absolute Gasteiger partial charge is 0.410 e. The number of carbonyl (C=O) groups excluding carboxylic acids is 1. The van der Waals surface area contributed by atoms with Crippen LogP contribution >= 0.6 is 0 Å². The summed E-state index contributed by atoms with van der Waals surface area (Å²) in [4.78, 5) is 26.6. The minimum Gasteiger partial charge on any atom is -0.485 e. The summed E-state index contributed by atoms with van der Waals surface area (Å²) in [5.41, 5.74) is 5.56. The standard InChI is InChI=1S/C30H39N7O3/c1-19-27-26(34-28-24(18-39-27)23(6-10-31-28)21-15-32-35(5)16-21)14-25(33-19)20-7-11-36(12-8-20)22-9-13-37(17-22)29(38)40-30(2,3)4/h6,10,14-16,20,22H,7-9,11-13,17-18H2,1-5H3,(H,31,34)/t22-/m1/s1. The molecule has 40 heavy (non-hydrogen) atoms. The molecule has 1 N–H and O–H groups in total. The zero-order valence-electron chi connectivity index (χ0n) is 24.1. The van der Waals surface area contributed by atoms with Crippen LogP contribution in [0.5, 0.6) is 5.75 Å². The quantitative estimate of drug-likeness (QED) is 0.491. The van der Waals surface area contributed by atoms with Gasteiger partial charge < -0.3 is 19.7 Å². The molecule has 6 heterocycles. The Kier molecular flexibility index (Phi) is 6.90. The molecule has 2 saturated heterocycles. The lowest BCUT2D eigenvalue weighted by Crippen LogP contribution is -2.43. The molecule has 10 heteroatoms. The summed E-state index contributed by atoms with van der Waals surface area (Å²) in [6.07, 6.45) is 8.57. The number of fused-ring (bicyclic) bond motifs is 2. The van der Waals surface area contributed by atoms with Crippen molar-refractivity contribution in [3.63, 3.8) is 0 Å². The van der Waals surface area contributed by atoms with Crippen molar-refractivity contribution in [1.82, 2.24) is 29.5 Å². The van der Waals surface area contributed by atoms with E-state index >= 15 is 0 Å². The Hall–Kier alpha value is -3.66. The molecule has 0 aromatic carbocycles. The molecule has 0 saturated carbocycles. The van der Waals surface area contributed by atoms with Crippen molar-refractivity contribution in [1.29, 1.82) is 0 Å². The summed E-state index contributed by atoms with van der Waals surface area (Å²) in [5, 5.41) is 7.90. The molecule has 0 aliphatic carbocycles. The summed E-state index contributed by atoms with van der Waals surface area (Å²) in [6.45, 7) is 11.7. The zero-order chi connectivity index (χ0) is 28.0. The van der Waals surface area contributed by atoms with Crippen LogP contribution in [0.4, 0.5) is 16.3 Å². The topological polar surface area (TPSA) is 97.6 Å². The first-order valence-electron chi connectivity index (χ1n) is 14.2. The molecule has 212 valence electrons. The first-order chi connectivity index (χ1) is 19.1. The number of rotatable bonds is 3. The second-order valence-corrected chi connectivity index (χ2v) is 12.2. The molecule has 1 amide bonds. The van der Waals surface area contributed by atoms with E-state index in [0.717, 1.165) is 90.8 Å². The molecule has 0 unspecified atom stereocenters. The van der Waals surface area contributed by atoms with E-state index in [4.69, 9.17) is 14.5 Å². The molecular formula is C30H39N7O3. The van der Waals surface area contributed by atoms with Crippen molar-refractivity contribution >= 4 is 17.6 Å². The Labute approximate surface area is 235 Å². The van der Waals surface area contributed by atoms with Gasteiger partial charge in [0.15, 0.2) is 5.75 Å². The van der Waals surface area contributed by atoms with E-state index in [9.17, 15) is 4.79 Å². The van der Waals surface area contributed by atoms with E-state index in [1.54, 1.807) is 4.68 Å². The Morgan fingerprint density at radius 3 is 2.70 bits per heavy atom. The molecule has 1 atom stereocenters. The normalized spacial score (nSPS) is 19.8. The number of hydrogen-bond donors (Lipinski definition) is 1. The van der Waals surface area contributed by atoms with Crippen molar-refractivity contribution in [3.05, 3.63) is 47.7 Å². The van der Waals surface area contributed by atoms with Gasteiger partial charge >= 0.3 is 6.09 Å². The summed E-state index contributed by atoms with van der Waals surface area (Å²) in [6, 6.07) is 4.55. The van der Waals surface area contributed by atoms with Gasteiger partial charge in [-0.15, -0.1) is 0 Å². The summed E-state index contributed by atoms with van der Waals surface area (Å²) in [5.74, 6) is 1.97. The third-order valence-corrected chi connectivity index (χ3v) is 8.13. The summed E-state index contributed by atoms with van der Waals surface area (Å²) >= 11 is 0. The van der Waals surface area contributed by atoms with Crippen molar-refractivity contribution in [3.8, 4) is 16.9 Å². The van der Waals surface area contributed by atoms with Crippen molar-refractivity contribution in [2.24, 2.45) is 7.05 Å². The number of piperidine rings is 1. The van der Waals surface area contributed by atoms with Gasteiger partial charge in [-0.1, -0.05) is 0 Å². The number of aryl methyl sites for hydroxylation is 2. The number of carbonyl (C=O) groups is 1. The lowest BCUT2D eigenvalue weighted by atomic mass is 9.91. The third-order valence-electron chi connectivity index (χ3n) is 8.13. The van der Waals surface area contributed by atoms with E-state index in [1.807, 2.05) is 64.3 Å². The highest BCUT2D eigenvalue weighted by Gasteiger charge is 2.35. The average Bonchev–Trinajstić information content (AvgIpc) is 3.53. The van der Waals surface area contributed by atoms with Gasteiger partial charge in [0, 0.05) is 61.3 Å². The Morgan fingerprint density at radius 2 is 1.98 bits per heavy atom. The first kappa shape index (κ1) is 26.6. The van der Waals surface area contributed by atoms with Crippen LogP contribution < -0.4 is 10.1 Å². The largest absolute Gasteiger partial charge is 0.485 e. The highest BCUT2D eigenvalue weighted by atomic mass is 16.6. The fourth-order valence-corrected chi connectivity index (χ4v) is 6.11. The molecule has 3 aliphatic heterocycles. The van der Waals surface area contributed by atoms with E-state index in [0.29, 0.717) is 18.6 Å². The number of hydrogen-bond acceptors (Lipinski definition) is 8. The molecule has 2 fully saturated rings. The summed E-state index contributed by atoms with van der Waals surface area (Å²) in [7, 11) is 1.92. The predicted octanol–water partition coefficient (Wildman–Crippen LogP) is 5.01. The molecule has 0 bridgehead atoms. The molecule has 0 radical (unpaired) electrons. The fourth-order valence-electron chi connectivity index (χ4n) is 6.11. The van der Waals surface area contributed by atoms with Crippen LogP contribution in [0.3, 0.4) is 0 Å². The van der Waals surface area contributed by atoms with Crippen LogP contribution in [0, 0.1) is 6.92 Å². The lowest BCUT2D eigenvalue weighted by molar-refractivity contribution is 0.0276. The van der Waals surface area contributed by atoms with E-state index < -0.39 is 5.60 Å². The van der Waals surface area contributed by atoms with Gasteiger partial charge in [0.1, 0.15) is 18.0 Å². The SMILES string of the molecule is Cc1nc(C2CCN([C@@H]3CCN(C(=O)OC(C)(C)C)C3)CC2)cc2c1OCc1c(-c3cnn(C)c3)ccnc1N2. The van der Waals surface area contributed by atoms with Gasteiger partial charge in [0.05, 0.1) is 17.6 Å². The van der Waals surface area contributed by atoms with Gasteiger partial charge in [-0.25, -0.2) is 9.78 Å². The Bertz CT molecular complexity index is 1400. The summed E-state index contributed by atoms with van der Waals surface area (Å²) < 4.78 is 13.7. The second kappa shape index (κ2) is 10.4. The first-order valence-corrected chi connectivity index (χ1v) is 14.2. The van der Waals surface area contributed by atoms with Gasteiger partial charge in [-0.3, -0.25) is 14.6 Å². The fraction of sp³-hybridized carbons (Fsp3) is 0.533. The van der Waals surface area contributed by atoms with Crippen LogP contribution in [-0.2, 0) is 18.4 Å². The lowest BCUT2D eigenvalue weighted by Gasteiger charge is -2.36. The van der Waals surface area contributed by atoms with Crippen LogP contribution in [-0.4, -0.2) is 73.5 Å². The van der Waals surface area contributed by atoms with Crippen LogP contribution in [0.25, 0.3) is 11.1 Å². The van der Waals surface area contributed by atoms with Crippen LogP contribution in [0.1, 0.15) is 62.9 Å². The Morgan fingerprint density at radius 1 is 1.18 bits per heavy atom. The molecule has 3 aromatic heterocycles. The number of pyridine rings is 2. The van der Waals surface area contributed by atoms with Crippen molar-refractivity contribution in [2.45, 2.75) is 71.1 Å². The minimum absolute atomic E-state index is 0.201. The molecule has 3 aliphatic rings.